The molecule has 8 heavy (non-hydrogen) atoms. The van der Waals surface area contributed by atoms with E-state index in [0.717, 1.165) is 0 Å². The summed E-state index contributed by atoms with van der Waals surface area (Å²) in [5, 5.41) is 0. The lowest BCUT2D eigenvalue weighted by Gasteiger charge is -1.86. The first kappa shape index (κ1) is 16.0. The molecule has 0 radical (unpaired) electrons. The molecular weight excluding hydrogens is 232 g/mol. The Hall–Kier alpha value is 0.960. The van der Waals surface area contributed by atoms with E-state index in [4.69, 9.17) is 0 Å². The Morgan fingerprint density at radius 2 is 1.00 bits per heavy atom. The Labute approximate surface area is 73.6 Å². The maximum absolute atomic E-state index is 2.23. The summed E-state index contributed by atoms with van der Waals surface area (Å²) in [6.07, 6.45) is 5.54. The number of hydrogen-bond acceptors (Lipinski definition) is 0. The first-order valence-electron chi connectivity index (χ1n) is 2.91. The van der Waals surface area contributed by atoms with Gasteiger partial charge in [0, 0.05) is 0 Å². The molecule has 0 fully saturated rings. The molecule has 0 N–H and O–H groups in total. The summed E-state index contributed by atoms with van der Waals surface area (Å²) in [5.41, 5.74) is 0. The summed E-state index contributed by atoms with van der Waals surface area (Å²) in [6, 6.07) is 0. The molecule has 0 amide bonds. The SMILES string of the molecule is Br.Br.CCCCCC. The maximum Gasteiger partial charge on any atom is -0.0536 e. The van der Waals surface area contributed by atoms with Crippen LogP contribution in [0.2, 0.25) is 0 Å². The standard InChI is InChI=1S/C6H14.2BrH/c1-3-5-6-4-2;;/h3-6H2,1-2H3;2*1H. The Morgan fingerprint density at radius 3 is 1.12 bits per heavy atom. The van der Waals surface area contributed by atoms with Gasteiger partial charge >= 0.3 is 0 Å². The molecule has 0 unspecified atom stereocenters. The van der Waals surface area contributed by atoms with Crippen molar-refractivity contribution in [1.82, 2.24) is 0 Å². The van der Waals surface area contributed by atoms with Crippen LogP contribution >= 0.6 is 34.0 Å². The molecule has 0 atom stereocenters. The molecule has 0 aromatic carbocycles. The normalized spacial score (nSPS) is 6.75. The van der Waals surface area contributed by atoms with Gasteiger partial charge in [0.2, 0.25) is 0 Å². The molecule has 0 saturated heterocycles. The molecule has 0 heterocycles. The first-order chi connectivity index (χ1) is 2.91. The highest BCUT2D eigenvalue weighted by molar-refractivity contribution is 8.93. The minimum atomic E-state index is 0. The number of rotatable bonds is 3. The van der Waals surface area contributed by atoms with Crippen LogP contribution in [0.3, 0.4) is 0 Å². The molecule has 54 valence electrons. The van der Waals surface area contributed by atoms with Gasteiger partial charge in [0.1, 0.15) is 0 Å². The summed E-state index contributed by atoms with van der Waals surface area (Å²) in [5.74, 6) is 0. The summed E-state index contributed by atoms with van der Waals surface area (Å²) in [6.45, 7) is 4.46. The minimum absolute atomic E-state index is 0. The Bertz CT molecular complexity index is 18.5. The molecule has 0 aliphatic carbocycles. The highest BCUT2D eigenvalue weighted by Gasteiger charge is 1.75. The summed E-state index contributed by atoms with van der Waals surface area (Å²) in [4.78, 5) is 0. The quantitative estimate of drug-likeness (QED) is 0.667. The Morgan fingerprint density at radius 1 is 0.750 bits per heavy atom. The van der Waals surface area contributed by atoms with E-state index in [0.29, 0.717) is 0 Å². The molecule has 2 heteroatoms. The van der Waals surface area contributed by atoms with Crippen LogP contribution in [0.4, 0.5) is 0 Å². The molecule has 0 aromatic rings. The zero-order chi connectivity index (χ0) is 4.83. The van der Waals surface area contributed by atoms with E-state index in [9.17, 15) is 0 Å². The fourth-order valence-electron chi connectivity index (χ4n) is 0.500. The zero-order valence-electron chi connectivity index (χ0n) is 5.64. The monoisotopic (exact) mass is 246 g/mol. The third-order valence-corrected chi connectivity index (χ3v) is 0.957. The molecule has 0 spiro atoms. The van der Waals surface area contributed by atoms with Crippen molar-refractivity contribution in [3.63, 3.8) is 0 Å². The first-order valence-corrected chi connectivity index (χ1v) is 2.91. The van der Waals surface area contributed by atoms with Crippen LogP contribution in [0, 0.1) is 0 Å². The van der Waals surface area contributed by atoms with Crippen molar-refractivity contribution in [2.45, 2.75) is 39.5 Å². The predicted molar refractivity (Wildman–Crippen MR) is 50.5 cm³/mol. The Balaban J connectivity index is -0.000000125. The summed E-state index contributed by atoms with van der Waals surface area (Å²) in [7, 11) is 0. The zero-order valence-corrected chi connectivity index (χ0v) is 9.07. The van der Waals surface area contributed by atoms with Crippen molar-refractivity contribution in [3.8, 4) is 0 Å². The van der Waals surface area contributed by atoms with E-state index in [1.807, 2.05) is 0 Å². The third kappa shape index (κ3) is 15.8. The molecule has 0 nitrogen and oxygen atoms in total. The van der Waals surface area contributed by atoms with Gasteiger partial charge in [0.25, 0.3) is 0 Å². The highest BCUT2D eigenvalue weighted by atomic mass is 79.9. The second-order valence-corrected chi connectivity index (χ2v) is 1.71. The second kappa shape index (κ2) is 15.7. The van der Waals surface area contributed by atoms with Gasteiger partial charge in [-0.25, -0.2) is 0 Å². The lowest BCUT2D eigenvalue weighted by atomic mass is 10.2. The lowest BCUT2D eigenvalue weighted by Crippen LogP contribution is -1.66. The van der Waals surface area contributed by atoms with Gasteiger partial charge in [-0.15, -0.1) is 34.0 Å². The fraction of sp³-hybridized carbons (Fsp3) is 1.00. The van der Waals surface area contributed by atoms with Gasteiger partial charge in [-0.2, -0.15) is 0 Å². The van der Waals surface area contributed by atoms with Gasteiger partial charge < -0.3 is 0 Å². The molecule has 0 aliphatic heterocycles. The number of halogens is 2. The van der Waals surface area contributed by atoms with Gasteiger partial charge in [-0.3, -0.25) is 0 Å². The van der Waals surface area contributed by atoms with Crippen LogP contribution in [0.15, 0.2) is 0 Å². The van der Waals surface area contributed by atoms with Crippen LogP contribution < -0.4 is 0 Å². The van der Waals surface area contributed by atoms with Crippen molar-refractivity contribution in [1.29, 1.82) is 0 Å². The van der Waals surface area contributed by atoms with Crippen molar-refractivity contribution in [3.05, 3.63) is 0 Å². The Kier molecular flexibility index (Phi) is 31.3. The topological polar surface area (TPSA) is 0 Å². The van der Waals surface area contributed by atoms with Crippen LogP contribution in [0.25, 0.3) is 0 Å². The van der Waals surface area contributed by atoms with E-state index in [1.54, 1.807) is 0 Å². The number of unbranched alkanes of at least 4 members (excludes halogenated alkanes) is 3. The number of hydrogen-bond donors (Lipinski definition) is 0. The molecule has 0 saturated carbocycles. The molecule has 0 bridgehead atoms. The summed E-state index contributed by atoms with van der Waals surface area (Å²) < 4.78 is 0. The van der Waals surface area contributed by atoms with Gasteiger partial charge in [-0.05, 0) is 0 Å². The summed E-state index contributed by atoms with van der Waals surface area (Å²) >= 11 is 0. The van der Waals surface area contributed by atoms with Crippen LogP contribution in [-0.2, 0) is 0 Å². The van der Waals surface area contributed by atoms with Gasteiger partial charge in [0.05, 0.1) is 0 Å². The second-order valence-electron chi connectivity index (χ2n) is 1.71. The average Bonchev–Trinajstić information content (AvgIpc) is 1.61. The lowest BCUT2D eigenvalue weighted by molar-refractivity contribution is 0.702. The largest absolute Gasteiger partial charge is 0.114 e. The van der Waals surface area contributed by atoms with E-state index in [1.165, 1.54) is 25.7 Å². The van der Waals surface area contributed by atoms with E-state index in [2.05, 4.69) is 13.8 Å². The van der Waals surface area contributed by atoms with Crippen LogP contribution in [-0.4, -0.2) is 0 Å². The smallest absolute Gasteiger partial charge is 0.0536 e. The van der Waals surface area contributed by atoms with E-state index < -0.39 is 0 Å². The fourth-order valence-corrected chi connectivity index (χ4v) is 0.500. The predicted octanol–water partition coefficient (Wildman–Crippen LogP) is 3.74. The molecule has 0 aromatic heterocycles. The van der Waals surface area contributed by atoms with Gasteiger partial charge in [0.15, 0.2) is 0 Å². The van der Waals surface area contributed by atoms with Gasteiger partial charge in [-0.1, -0.05) is 39.5 Å². The van der Waals surface area contributed by atoms with Crippen molar-refractivity contribution >= 4 is 34.0 Å². The third-order valence-electron chi connectivity index (χ3n) is 0.957. The highest BCUT2D eigenvalue weighted by Crippen LogP contribution is 1.95. The van der Waals surface area contributed by atoms with E-state index >= 15 is 0 Å². The van der Waals surface area contributed by atoms with E-state index in [-0.39, 0.29) is 34.0 Å². The molecule has 0 aliphatic rings. The minimum Gasteiger partial charge on any atom is -0.114 e. The molecular formula is C6H16Br2. The van der Waals surface area contributed by atoms with Crippen molar-refractivity contribution < 1.29 is 0 Å². The average molecular weight is 248 g/mol. The van der Waals surface area contributed by atoms with Crippen molar-refractivity contribution in [2.24, 2.45) is 0 Å². The maximum atomic E-state index is 2.23. The van der Waals surface area contributed by atoms with Crippen LogP contribution in [0.1, 0.15) is 39.5 Å². The molecule has 0 rings (SSSR count). The van der Waals surface area contributed by atoms with Crippen molar-refractivity contribution in [2.75, 3.05) is 0 Å². The van der Waals surface area contributed by atoms with Crippen LogP contribution in [0.5, 0.6) is 0 Å².